The van der Waals surface area contributed by atoms with Crippen molar-refractivity contribution in [3.63, 3.8) is 0 Å². The number of hydrogen-bond acceptors (Lipinski definition) is 3. The molecule has 3 nitrogen and oxygen atoms in total. The number of hydrogen-bond donors (Lipinski definition) is 1. The van der Waals surface area contributed by atoms with Crippen molar-refractivity contribution in [3.8, 4) is 5.88 Å². The summed E-state index contributed by atoms with van der Waals surface area (Å²) in [5.74, 6) is 0.685. The van der Waals surface area contributed by atoms with E-state index in [1.807, 2.05) is 12.1 Å². The van der Waals surface area contributed by atoms with Gasteiger partial charge in [-0.05, 0) is 43.7 Å². The molecule has 1 heterocycles. The fraction of sp³-hybridized carbons (Fsp3) is 0.667. The highest BCUT2D eigenvalue weighted by Crippen LogP contribution is 2.23. The number of aryl methyl sites for hydroxylation is 1. The lowest BCUT2D eigenvalue weighted by Gasteiger charge is -2.17. The molecule has 0 aromatic carbocycles. The highest BCUT2D eigenvalue weighted by molar-refractivity contribution is 5.24. The Balaban J connectivity index is 2.06. The van der Waals surface area contributed by atoms with Crippen LogP contribution in [0.4, 0.5) is 0 Å². The third-order valence-electron chi connectivity index (χ3n) is 3.55. The van der Waals surface area contributed by atoms with Crippen molar-refractivity contribution in [1.29, 1.82) is 0 Å². The third kappa shape index (κ3) is 3.70. The van der Waals surface area contributed by atoms with E-state index in [1.54, 1.807) is 0 Å². The fourth-order valence-electron chi connectivity index (χ4n) is 2.48. The lowest BCUT2D eigenvalue weighted by molar-refractivity contribution is 0.175. The normalized spacial score (nSPS) is 17.4. The van der Waals surface area contributed by atoms with Crippen LogP contribution < -0.4 is 4.74 Å². The van der Waals surface area contributed by atoms with E-state index in [4.69, 9.17) is 4.74 Å². The summed E-state index contributed by atoms with van der Waals surface area (Å²) in [5, 5.41) is 9.25. The molecule has 1 aliphatic carbocycles. The lowest BCUT2D eigenvalue weighted by atomic mass is 10.1. The summed E-state index contributed by atoms with van der Waals surface area (Å²) in [7, 11) is 0. The topological polar surface area (TPSA) is 42.4 Å². The number of aliphatic hydroxyl groups excluding tert-OH is 1. The van der Waals surface area contributed by atoms with Crippen molar-refractivity contribution in [2.45, 2.75) is 64.6 Å². The summed E-state index contributed by atoms with van der Waals surface area (Å²) in [6, 6.07) is 3.81. The summed E-state index contributed by atoms with van der Waals surface area (Å²) in [6.45, 7) is 2.12. The number of nitrogens with zero attached hydrogens (tertiary/aromatic N) is 1. The summed E-state index contributed by atoms with van der Waals surface area (Å²) >= 11 is 0. The largest absolute Gasteiger partial charge is 0.474 e. The number of aromatic nitrogens is 1. The smallest absolute Gasteiger partial charge is 0.214 e. The Kier molecular flexibility index (Phi) is 5.00. The van der Waals surface area contributed by atoms with Gasteiger partial charge in [-0.15, -0.1) is 0 Å². The molecule has 0 saturated heterocycles. The molecule has 3 heteroatoms. The summed E-state index contributed by atoms with van der Waals surface area (Å²) in [6.07, 6.45) is 8.59. The zero-order valence-corrected chi connectivity index (χ0v) is 11.2. The third-order valence-corrected chi connectivity index (χ3v) is 3.55. The van der Waals surface area contributed by atoms with Gasteiger partial charge in [0.05, 0.1) is 6.61 Å². The van der Waals surface area contributed by atoms with Gasteiger partial charge in [0.15, 0.2) is 0 Å². The highest BCUT2D eigenvalue weighted by Gasteiger charge is 2.14. The molecular formula is C15H23NO2. The molecule has 18 heavy (non-hydrogen) atoms. The molecule has 2 rings (SSSR count). The van der Waals surface area contributed by atoms with Gasteiger partial charge in [-0.25, -0.2) is 4.98 Å². The molecule has 1 aliphatic rings. The SMILES string of the molecule is CCc1cc(CO)cc(OC2CCCCCC2)n1. The van der Waals surface area contributed by atoms with Crippen LogP contribution in [-0.2, 0) is 13.0 Å². The van der Waals surface area contributed by atoms with Crippen LogP contribution in [-0.4, -0.2) is 16.2 Å². The molecule has 0 bridgehead atoms. The molecule has 1 N–H and O–H groups in total. The van der Waals surface area contributed by atoms with Crippen molar-refractivity contribution in [3.05, 3.63) is 23.4 Å². The number of rotatable bonds is 4. The molecule has 1 fully saturated rings. The molecular weight excluding hydrogens is 226 g/mol. The number of aliphatic hydroxyl groups is 1. The maximum atomic E-state index is 9.25. The lowest BCUT2D eigenvalue weighted by Crippen LogP contribution is -2.16. The second-order valence-electron chi connectivity index (χ2n) is 5.05. The van der Waals surface area contributed by atoms with Gasteiger partial charge < -0.3 is 9.84 Å². The Morgan fingerprint density at radius 2 is 1.94 bits per heavy atom. The zero-order valence-electron chi connectivity index (χ0n) is 11.2. The Morgan fingerprint density at radius 3 is 2.56 bits per heavy atom. The molecule has 1 saturated carbocycles. The molecule has 0 spiro atoms. The molecule has 0 radical (unpaired) electrons. The van der Waals surface area contributed by atoms with Crippen LogP contribution in [0.25, 0.3) is 0 Å². The molecule has 0 aliphatic heterocycles. The molecule has 0 amide bonds. The van der Waals surface area contributed by atoms with Crippen LogP contribution in [0.2, 0.25) is 0 Å². The Bertz CT molecular complexity index is 349. The first-order chi connectivity index (χ1) is 8.81. The second-order valence-corrected chi connectivity index (χ2v) is 5.05. The minimum atomic E-state index is 0.0521. The van der Waals surface area contributed by atoms with Crippen molar-refractivity contribution < 1.29 is 9.84 Å². The minimum Gasteiger partial charge on any atom is -0.474 e. The van der Waals surface area contributed by atoms with Crippen molar-refractivity contribution in [2.75, 3.05) is 0 Å². The van der Waals surface area contributed by atoms with Gasteiger partial charge in [0.2, 0.25) is 5.88 Å². The van der Waals surface area contributed by atoms with E-state index in [9.17, 15) is 5.11 Å². The van der Waals surface area contributed by atoms with Crippen molar-refractivity contribution >= 4 is 0 Å². The maximum absolute atomic E-state index is 9.25. The first-order valence-electron chi connectivity index (χ1n) is 7.09. The predicted octanol–water partition coefficient (Wildman–Crippen LogP) is 3.24. The molecule has 100 valence electrons. The van der Waals surface area contributed by atoms with E-state index < -0.39 is 0 Å². The van der Waals surface area contributed by atoms with E-state index in [2.05, 4.69) is 11.9 Å². The van der Waals surface area contributed by atoms with Crippen LogP contribution in [0.15, 0.2) is 12.1 Å². The van der Waals surface area contributed by atoms with Gasteiger partial charge in [0.25, 0.3) is 0 Å². The molecule has 0 unspecified atom stereocenters. The van der Waals surface area contributed by atoms with Crippen LogP contribution in [0.1, 0.15) is 56.7 Å². The second kappa shape index (κ2) is 6.74. The van der Waals surface area contributed by atoms with Crippen molar-refractivity contribution in [1.82, 2.24) is 4.98 Å². The summed E-state index contributed by atoms with van der Waals surface area (Å²) in [4.78, 5) is 4.49. The van der Waals surface area contributed by atoms with Crippen LogP contribution in [0.5, 0.6) is 5.88 Å². The van der Waals surface area contributed by atoms with Crippen LogP contribution in [0, 0.1) is 0 Å². The Labute approximate surface area is 109 Å². The first-order valence-corrected chi connectivity index (χ1v) is 7.09. The van der Waals surface area contributed by atoms with E-state index in [0.717, 1.165) is 30.5 Å². The Morgan fingerprint density at radius 1 is 1.22 bits per heavy atom. The zero-order chi connectivity index (χ0) is 12.8. The van der Waals surface area contributed by atoms with E-state index in [0.29, 0.717) is 12.0 Å². The average Bonchev–Trinajstić information content (AvgIpc) is 2.67. The van der Waals surface area contributed by atoms with Gasteiger partial charge in [-0.1, -0.05) is 19.8 Å². The minimum absolute atomic E-state index is 0.0521. The Hall–Kier alpha value is -1.09. The van der Waals surface area contributed by atoms with Gasteiger partial charge >= 0.3 is 0 Å². The molecule has 0 atom stereocenters. The van der Waals surface area contributed by atoms with E-state index in [-0.39, 0.29) is 6.61 Å². The highest BCUT2D eigenvalue weighted by atomic mass is 16.5. The van der Waals surface area contributed by atoms with E-state index >= 15 is 0 Å². The quantitative estimate of drug-likeness (QED) is 0.833. The van der Waals surface area contributed by atoms with Gasteiger partial charge in [0, 0.05) is 11.8 Å². The summed E-state index contributed by atoms with van der Waals surface area (Å²) < 4.78 is 6.00. The van der Waals surface area contributed by atoms with E-state index in [1.165, 1.54) is 25.7 Å². The van der Waals surface area contributed by atoms with Gasteiger partial charge in [-0.3, -0.25) is 0 Å². The van der Waals surface area contributed by atoms with Gasteiger partial charge in [-0.2, -0.15) is 0 Å². The first kappa shape index (κ1) is 13.3. The molecule has 1 aromatic rings. The standard InChI is InChI=1S/C15H23NO2/c1-2-13-9-12(11-17)10-15(16-13)18-14-7-5-3-4-6-8-14/h9-10,14,17H,2-8,11H2,1H3. The van der Waals surface area contributed by atoms with Crippen LogP contribution >= 0.6 is 0 Å². The van der Waals surface area contributed by atoms with Crippen molar-refractivity contribution in [2.24, 2.45) is 0 Å². The fourth-order valence-corrected chi connectivity index (χ4v) is 2.48. The van der Waals surface area contributed by atoms with Gasteiger partial charge in [0.1, 0.15) is 6.10 Å². The number of ether oxygens (including phenoxy) is 1. The number of pyridine rings is 1. The average molecular weight is 249 g/mol. The molecule has 1 aromatic heterocycles. The maximum Gasteiger partial charge on any atom is 0.214 e. The monoisotopic (exact) mass is 249 g/mol. The predicted molar refractivity (Wildman–Crippen MR) is 71.7 cm³/mol. The van der Waals surface area contributed by atoms with Crippen LogP contribution in [0.3, 0.4) is 0 Å². The summed E-state index contributed by atoms with van der Waals surface area (Å²) in [5.41, 5.74) is 1.88.